The Labute approximate surface area is 117 Å². The molecule has 0 aliphatic rings. The van der Waals surface area contributed by atoms with Gasteiger partial charge in [-0.05, 0) is 18.2 Å². The number of hydrogen-bond acceptors (Lipinski definition) is 3. The normalized spacial score (nSPS) is 11.2. The molecule has 102 valence electrons. The van der Waals surface area contributed by atoms with Crippen LogP contribution in [0.5, 0.6) is 0 Å². The van der Waals surface area contributed by atoms with Crippen molar-refractivity contribution in [1.29, 1.82) is 0 Å². The van der Waals surface area contributed by atoms with Crippen LogP contribution < -0.4 is 5.56 Å². The maximum Gasteiger partial charge on any atom is 0.303 e. The molecule has 0 spiro atoms. The zero-order valence-electron chi connectivity index (χ0n) is 10.2. The van der Waals surface area contributed by atoms with E-state index in [2.05, 4.69) is 15.2 Å². The lowest BCUT2D eigenvalue weighted by molar-refractivity contribution is -0.136. The molecule has 1 aromatic carbocycles. The standard InChI is InChI=1S/C13H10ClN3O3/c14-6-1-2-8-7(5-6)11-9(3-4-10(18)19)16-17-13(20)12(11)15-8/h1-2,5,15H,3-4H2,(H,17,20)(H,18,19). The number of halogens is 1. The number of hydrogen-bond donors (Lipinski definition) is 3. The molecular formula is C13H10ClN3O3. The highest BCUT2D eigenvalue weighted by Gasteiger charge is 2.14. The molecule has 0 saturated carbocycles. The summed E-state index contributed by atoms with van der Waals surface area (Å²) in [6.45, 7) is 0. The minimum absolute atomic E-state index is 0.0542. The molecule has 0 aliphatic carbocycles. The van der Waals surface area contributed by atoms with Crippen LogP contribution in [0.1, 0.15) is 12.1 Å². The highest BCUT2D eigenvalue weighted by Crippen LogP contribution is 2.28. The van der Waals surface area contributed by atoms with Gasteiger partial charge >= 0.3 is 5.97 Å². The predicted octanol–water partition coefficient (Wildman–Crippen LogP) is 2.07. The number of fused-ring (bicyclic) bond motifs is 3. The average Bonchev–Trinajstić information content (AvgIpc) is 2.78. The summed E-state index contributed by atoms with van der Waals surface area (Å²) in [5, 5.41) is 17.1. The fraction of sp³-hybridized carbons (Fsp3) is 0.154. The lowest BCUT2D eigenvalue weighted by atomic mass is 10.1. The molecule has 2 aromatic heterocycles. The number of aromatic nitrogens is 3. The fourth-order valence-electron chi connectivity index (χ4n) is 2.27. The number of rotatable bonds is 3. The first-order valence-corrected chi connectivity index (χ1v) is 6.34. The summed E-state index contributed by atoms with van der Waals surface area (Å²) < 4.78 is 0. The second-order valence-corrected chi connectivity index (χ2v) is 4.89. The van der Waals surface area contributed by atoms with Crippen molar-refractivity contribution in [2.75, 3.05) is 0 Å². The second-order valence-electron chi connectivity index (χ2n) is 4.46. The van der Waals surface area contributed by atoms with Crippen molar-refractivity contribution in [2.45, 2.75) is 12.8 Å². The average molecular weight is 292 g/mol. The molecule has 7 heteroatoms. The molecule has 0 amide bonds. The monoisotopic (exact) mass is 291 g/mol. The van der Waals surface area contributed by atoms with Gasteiger partial charge in [-0.1, -0.05) is 11.6 Å². The maximum absolute atomic E-state index is 11.8. The summed E-state index contributed by atoms with van der Waals surface area (Å²) in [7, 11) is 0. The lowest BCUT2D eigenvalue weighted by Crippen LogP contribution is -2.11. The van der Waals surface area contributed by atoms with Crippen LogP contribution >= 0.6 is 11.6 Å². The SMILES string of the molecule is O=C(O)CCc1n[nH]c(=O)c2[nH]c3ccc(Cl)cc3c12. The van der Waals surface area contributed by atoms with E-state index in [-0.39, 0.29) is 18.4 Å². The van der Waals surface area contributed by atoms with Crippen LogP contribution in [-0.4, -0.2) is 26.3 Å². The molecule has 0 unspecified atom stereocenters. The van der Waals surface area contributed by atoms with Crippen LogP contribution in [0.4, 0.5) is 0 Å². The van der Waals surface area contributed by atoms with Gasteiger partial charge in [-0.25, -0.2) is 5.10 Å². The Morgan fingerprint density at radius 1 is 1.40 bits per heavy atom. The number of nitrogens with zero attached hydrogens (tertiary/aromatic N) is 1. The Bertz CT molecular complexity index is 882. The number of carbonyl (C=O) groups is 1. The molecule has 0 radical (unpaired) electrons. The Balaban J connectivity index is 2.32. The minimum atomic E-state index is -0.913. The zero-order chi connectivity index (χ0) is 14.3. The Morgan fingerprint density at radius 3 is 2.95 bits per heavy atom. The van der Waals surface area contributed by atoms with E-state index < -0.39 is 5.97 Å². The summed E-state index contributed by atoms with van der Waals surface area (Å²) in [5.74, 6) is -0.913. The van der Waals surface area contributed by atoms with Crippen LogP contribution in [-0.2, 0) is 11.2 Å². The number of aromatic amines is 2. The summed E-state index contributed by atoms with van der Waals surface area (Å²) in [5.41, 5.74) is 1.35. The number of aliphatic carboxylic acids is 1. The first kappa shape index (κ1) is 12.7. The van der Waals surface area contributed by atoms with Crippen molar-refractivity contribution >= 4 is 39.4 Å². The molecule has 0 saturated heterocycles. The van der Waals surface area contributed by atoms with Crippen LogP contribution in [0.15, 0.2) is 23.0 Å². The molecule has 0 fully saturated rings. The molecule has 0 atom stereocenters. The van der Waals surface area contributed by atoms with Gasteiger partial charge in [-0.15, -0.1) is 0 Å². The minimum Gasteiger partial charge on any atom is -0.481 e. The van der Waals surface area contributed by atoms with E-state index in [0.29, 0.717) is 21.6 Å². The van der Waals surface area contributed by atoms with E-state index in [9.17, 15) is 9.59 Å². The summed E-state index contributed by atoms with van der Waals surface area (Å²) in [6.07, 6.45) is 0.184. The number of carboxylic acid groups (broad SMARTS) is 1. The van der Waals surface area contributed by atoms with Gasteiger partial charge in [-0.2, -0.15) is 5.10 Å². The molecule has 3 rings (SSSR count). The molecule has 0 aliphatic heterocycles. The van der Waals surface area contributed by atoms with Gasteiger partial charge in [0.2, 0.25) is 0 Å². The van der Waals surface area contributed by atoms with Crippen LogP contribution in [0.3, 0.4) is 0 Å². The van der Waals surface area contributed by atoms with Crippen molar-refractivity contribution in [3.05, 3.63) is 39.3 Å². The Kier molecular flexibility index (Phi) is 2.94. The van der Waals surface area contributed by atoms with Crippen molar-refractivity contribution < 1.29 is 9.90 Å². The molecule has 0 bridgehead atoms. The van der Waals surface area contributed by atoms with Gasteiger partial charge in [-0.3, -0.25) is 9.59 Å². The largest absolute Gasteiger partial charge is 0.481 e. The molecular weight excluding hydrogens is 282 g/mol. The van der Waals surface area contributed by atoms with Crippen LogP contribution in [0.2, 0.25) is 5.02 Å². The smallest absolute Gasteiger partial charge is 0.303 e. The van der Waals surface area contributed by atoms with E-state index in [1.54, 1.807) is 18.2 Å². The van der Waals surface area contributed by atoms with Crippen LogP contribution in [0, 0.1) is 0 Å². The Morgan fingerprint density at radius 2 is 2.20 bits per heavy atom. The number of benzene rings is 1. The lowest BCUT2D eigenvalue weighted by Gasteiger charge is -2.00. The third kappa shape index (κ3) is 2.04. The van der Waals surface area contributed by atoms with Crippen molar-refractivity contribution in [2.24, 2.45) is 0 Å². The third-order valence-corrected chi connectivity index (χ3v) is 3.38. The third-order valence-electron chi connectivity index (χ3n) is 3.14. The highest BCUT2D eigenvalue weighted by atomic mass is 35.5. The summed E-state index contributed by atoms with van der Waals surface area (Å²) in [4.78, 5) is 25.5. The quantitative estimate of drug-likeness (QED) is 0.688. The Hall–Kier alpha value is -2.34. The van der Waals surface area contributed by atoms with Gasteiger partial charge in [0.05, 0.1) is 12.1 Å². The molecule has 3 N–H and O–H groups in total. The van der Waals surface area contributed by atoms with Crippen molar-refractivity contribution in [1.82, 2.24) is 15.2 Å². The second kappa shape index (κ2) is 4.64. The van der Waals surface area contributed by atoms with Gasteiger partial charge < -0.3 is 10.1 Å². The van der Waals surface area contributed by atoms with Gasteiger partial charge in [0.15, 0.2) is 0 Å². The van der Waals surface area contributed by atoms with E-state index in [4.69, 9.17) is 16.7 Å². The summed E-state index contributed by atoms with van der Waals surface area (Å²) >= 11 is 5.98. The summed E-state index contributed by atoms with van der Waals surface area (Å²) in [6, 6.07) is 5.23. The molecule has 3 aromatic rings. The maximum atomic E-state index is 11.8. The van der Waals surface area contributed by atoms with Gasteiger partial charge in [0, 0.05) is 27.7 Å². The van der Waals surface area contributed by atoms with Crippen LogP contribution in [0.25, 0.3) is 21.8 Å². The van der Waals surface area contributed by atoms with E-state index >= 15 is 0 Å². The van der Waals surface area contributed by atoms with E-state index in [0.717, 1.165) is 10.9 Å². The zero-order valence-corrected chi connectivity index (χ0v) is 11.0. The number of carboxylic acids is 1. The van der Waals surface area contributed by atoms with Crippen molar-refractivity contribution in [3.8, 4) is 0 Å². The molecule has 20 heavy (non-hydrogen) atoms. The van der Waals surface area contributed by atoms with Gasteiger partial charge in [0.1, 0.15) is 5.52 Å². The van der Waals surface area contributed by atoms with Crippen molar-refractivity contribution in [3.63, 3.8) is 0 Å². The first-order valence-electron chi connectivity index (χ1n) is 5.96. The van der Waals surface area contributed by atoms with E-state index in [1.807, 2.05) is 0 Å². The number of H-pyrrole nitrogens is 2. The topological polar surface area (TPSA) is 98.8 Å². The molecule has 6 nitrogen and oxygen atoms in total. The predicted molar refractivity (Wildman–Crippen MR) is 75.2 cm³/mol. The van der Waals surface area contributed by atoms with E-state index in [1.165, 1.54) is 0 Å². The number of aryl methyl sites for hydroxylation is 1. The van der Waals surface area contributed by atoms with Gasteiger partial charge in [0.25, 0.3) is 5.56 Å². The number of nitrogens with one attached hydrogen (secondary N) is 2. The fourth-order valence-corrected chi connectivity index (χ4v) is 2.44. The highest BCUT2D eigenvalue weighted by molar-refractivity contribution is 6.31. The first-order chi connectivity index (χ1) is 9.56. The molecule has 2 heterocycles.